The summed E-state index contributed by atoms with van der Waals surface area (Å²) in [5.74, 6) is 1.71. The number of aldehydes is 1. The molecule has 1 aliphatic rings. The van der Waals surface area contributed by atoms with Crippen LogP contribution in [0, 0.1) is 0 Å². The molecule has 0 unspecified atom stereocenters. The van der Waals surface area contributed by atoms with Crippen molar-refractivity contribution in [3.05, 3.63) is 40.1 Å². The quantitative estimate of drug-likeness (QED) is 0.795. The minimum atomic E-state index is 0.183. The molecule has 0 spiro atoms. The first kappa shape index (κ1) is 11.1. The zero-order chi connectivity index (χ0) is 12.4. The van der Waals surface area contributed by atoms with Crippen LogP contribution in [-0.4, -0.2) is 13.1 Å². The minimum absolute atomic E-state index is 0.183. The van der Waals surface area contributed by atoms with E-state index in [1.807, 2.05) is 17.5 Å². The maximum absolute atomic E-state index is 11.0. The lowest BCUT2D eigenvalue weighted by Crippen LogP contribution is -1.96. The molecule has 0 amide bonds. The number of carbonyl (C=O) groups excluding carboxylic acids is 1. The van der Waals surface area contributed by atoms with Crippen LogP contribution in [0.3, 0.4) is 0 Å². The van der Waals surface area contributed by atoms with Crippen LogP contribution in [0.25, 0.3) is 0 Å². The van der Waals surface area contributed by atoms with E-state index in [2.05, 4.69) is 0 Å². The topological polar surface area (TPSA) is 44.8 Å². The highest BCUT2D eigenvalue weighted by Crippen LogP contribution is 2.37. The molecule has 2 aromatic rings. The summed E-state index contributed by atoms with van der Waals surface area (Å²) < 4.78 is 16.1. The van der Waals surface area contributed by atoms with Crippen LogP contribution in [0.1, 0.15) is 15.2 Å². The molecule has 0 N–H and O–H groups in total. The van der Waals surface area contributed by atoms with Gasteiger partial charge in [-0.15, -0.1) is 11.3 Å². The molecular weight excluding hydrogens is 252 g/mol. The smallest absolute Gasteiger partial charge is 0.231 e. The van der Waals surface area contributed by atoms with Gasteiger partial charge in [0.15, 0.2) is 17.8 Å². The molecule has 0 atom stereocenters. The van der Waals surface area contributed by atoms with Crippen LogP contribution in [0.4, 0.5) is 0 Å². The summed E-state index contributed by atoms with van der Waals surface area (Å²) in [5, 5.41) is 1.99. The first-order valence-corrected chi connectivity index (χ1v) is 6.29. The zero-order valence-corrected chi connectivity index (χ0v) is 10.2. The normalized spacial score (nSPS) is 12.4. The second kappa shape index (κ2) is 4.70. The van der Waals surface area contributed by atoms with Crippen LogP contribution < -0.4 is 14.2 Å². The second-order valence-electron chi connectivity index (χ2n) is 3.73. The van der Waals surface area contributed by atoms with Crippen molar-refractivity contribution in [2.24, 2.45) is 0 Å². The first-order valence-electron chi connectivity index (χ1n) is 5.41. The Kier molecular flexibility index (Phi) is 2.90. The molecular formula is C13H10O4S. The Morgan fingerprint density at radius 1 is 1.33 bits per heavy atom. The van der Waals surface area contributed by atoms with Gasteiger partial charge in [-0.2, -0.15) is 0 Å². The van der Waals surface area contributed by atoms with Gasteiger partial charge in [0.05, 0.1) is 5.56 Å². The molecule has 92 valence electrons. The Bertz CT molecular complexity index is 563. The highest BCUT2D eigenvalue weighted by molar-refractivity contribution is 7.09. The molecule has 2 heterocycles. The van der Waals surface area contributed by atoms with Crippen molar-refractivity contribution in [3.63, 3.8) is 0 Å². The molecule has 0 saturated carbocycles. The lowest BCUT2D eigenvalue weighted by atomic mass is 10.2. The van der Waals surface area contributed by atoms with Crippen molar-refractivity contribution in [2.45, 2.75) is 6.61 Å². The number of carbonyl (C=O) groups is 1. The molecule has 4 nitrogen and oxygen atoms in total. The SMILES string of the molecule is O=Cc1cc2c(cc1OCc1cccs1)OCO2. The van der Waals surface area contributed by atoms with Gasteiger partial charge in [-0.25, -0.2) is 0 Å². The fourth-order valence-corrected chi connectivity index (χ4v) is 2.32. The van der Waals surface area contributed by atoms with Crippen molar-refractivity contribution in [3.8, 4) is 17.2 Å². The summed E-state index contributed by atoms with van der Waals surface area (Å²) in [6.45, 7) is 0.625. The number of benzene rings is 1. The van der Waals surface area contributed by atoms with Gasteiger partial charge in [0.2, 0.25) is 6.79 Å². The van der Waals surface area contributed by atoms with Gasteiger partial charge in [0.25, 0.3) is 0 Å². The van der Waals surface area contributed by atoms with E-state index in [0.29, 0.717) is 29.4 Å². The predicted octanol–water partition coefficient (Wildman–Crippen LogP) is 2.87. The summed E-state index contributed by atoms with van der Waals surface area (Å²) in [6.07, 6.45) is 0.756. The van der Waals surface area contributed by atoms with Crippen LogP contribution in [0.15, 0.2) is 29.6 Å². The van der Waals surface area contributed by atoms with Crippen molar-refractivity contribution >= 4 is 17.6 Å². The third-order valence-corrected chi connectivity index (χ3v) is 3.43. The van der Waals surface area contributed by atoms with E-state index < -0.39 is 0 Å². The molecule has 0 radical (unpaired) electrons. The number of ether oxygens (including phenoxy) is 3. The predicted molar refractivity (Wildman–Crippen MR) is 66.6 cm³/mol. The Labute approximate surface area is 108 Å². The molecule has 0 aliphatic carbocycles. The largest absolute Gasteiger partial charge is 0.487 e. The zero-order valence-electron chi connectivity index (χ0n) is 9.42. The maximum atomic E-state index is 11.0. The molecule has 0 bridgehead atoms. The summed E-state index contributed by atoms with van der Waals surface area (Å²) in [6, 6.07) is 7.28. The Morgan fingerprint density at radius 3 is 2.89 bits per heavy atom. The number of hydrogen-bond acceptors (Lipinski definition) is 5. The van der Waals surface area contributed by atoms with E-state index in [4.69, 9.17) is 14.2 Å². The average Bonchev–Trinajstić information content (AvgIpc) is 3.05. The fourth-order valence-electron chi connectivity index (χ4n) is 1.70. The highest BCUT2D eigenvalue weighted by Gasteiger charge is 2.17. The van der Waals surface area contributed by atoms with Crippen LogP contribution in [-0.2, 0) is 6.61 Å². The van der Waals surface area contributed by atoms with Gasteiger partial charge in [-0.1, -0.05) is 6.07 Å². The standard InChI is InChI=1S/C13H10O4S/c14-6-9-4-12-13(17-8-16-12)5-11(9)15-7-10-2-1-3-18-10/h1-6H,7-8H2. The summed E-state index contributed by atoms with van der Waals surface area (Å²) in [5.41, 5.74) is 0.468. The van der Waals surface area contributed by atoms with E-state index in [9.17, 15) is 4.79 Å². The molecule has 5 heteroatoms. The van der Waals surface area contributed by atoms with Gasteiger partial charge >= 0.3 is 0 Å². The third-order valence-electron chi connectivity index (χ3n) is 2.58. The Hall–Kier alpha value is -2.01. The molecule has 1 aliphatic heterocycles. The van der Waals surface area contributed by atoms with Crippen molar-refractivity contribution in [1.82, 2.24) is 0 Å². The molecule has 1 aromatic heterocycles. The molecule has 1 aromatic carbocycles. The Balaban J connectivity index is 1.84. The van der Waals surface area contributed by atoms with Crippen molar-refractivity contribution in [2.75, 3.05) is 6.79 Å². The number of thiophene rings is 1. The number of rotatable bonds is 4. The van der Waals surface area contributed by atoms with Gasteiger partial charge in [0.1, 0.15) is 12.4 Å². The van der Waals surface area contributed by atoms with E-state index in [-0.39, 0.29) is 6.79 Å². The van der Waals surface area contributed by atoms with Gasteiger partial charge in [0, 0.05) is 10.9 Å². The lowest BCUT2D eigenvalue weighted by molar-refractivity contribution is 0.111. The summed E-state index contributed by atoms with van der Waals surface area (Å²) >= 11 is 1.61. The van der Waals surface area contributed by atoms with Crippen molar-refractivity contribution in [1.29, 1.82) is 0 Å². The fraction of sp³-hybridized carbons (Fsp3) is 0.154. The number of hydrogen-bond donors (Lipinski definition) is 0. The van der Waals surface area contributed by atoms with E-state index in [1.165, 1.54) is 0 Å². The van der Waals surface area contributed by atoms with Crippen LogP contribution in [0.5, 0.6) is 17.2 Å². The first-order chi connectivity index (χ1) is 8.86. The van der Waals surface area contributed by atoms with Crippen LogP contribution in [0.2, 0.25) is 0 Å². The summed E-state index contributed by atoms with van der Waals surface area (Å²) in [7, 11) is 0. The molecule has 18 heavy (non-hydrogen) atoms. The maximum Gasteiger partial charge on any atom is 0.231 e. The van der Waals surface area contributed by atoms with E-state index in [1.54, 1.807) is 23.5 Å². The van der Waals surface area contributed by atoms with Crippen molar-refractivity contribution < 1.29 is 19.0 Å². The number of fused-ring (bicyclic) bond motifs is 1. The van der Waals surface area contributed by atoms with E-state index >= 15 is 0 Å². The van der Waals surface area contributed by atoms with Gasteiger partial charge in [-0.3, -0.25) is 4.79 Å². The monoisotopic (exact) mass is 262 g/mol. The Morgan fingerprint density at radius 2 is 2.17 bits per heavy atom. The second-order valence-corrected chi connectivity index (χ2v) is 4.76. The minimum Gasteiger partial charge on any atom is -0.487 e. The highest BCUT2D eigenvalue weighted by atomic mass is 32.1. The third kappa shape index (κ3) is 2.04. The average molecular weight is 262 g/mol. The molecule has 0 saturated heterocycles. The van der Waals surface area contributed by atoms with E-state index in [0.717, 1.165) is 11.2 Å². The molecule has 0 fully saturated rings. The van der Waals surface area contributed by atoms with Crippen LogP contribution >= 0.6 is 11.3 Å². The van der Waals surface area contributed by atoms with Gasteiger partial charge in [-0.05, 0) is 17.5 Å². The molecule has 3 rings (SSSR count). The lowest BCUT2D eigenvalue weighted by Gasteiger charge is -2.08. The summed E-state index contributed by atoms with van der Waals surface area (Å²) in [4.78, 5) is 12.1. The van der Waals surface area contributed by atoms with Gasteiger partial charge < -0.3 is 14.2 Å².